The van der Waals surface area contributed by atoms with Crippen molar-refractivity contribution in [2.24, 2.45) is 16.8 Å². The third-order valence-corrected chi connectivity index (χ3v) is 5.78. The molecule has 9 nitrogen and oxygen atoms in total. The van der Waals surface area contributed by atoms with Crippen molar-refractivity contribution in [3.8, 4) is 5.75 Å². The van der Waals surface area contributed by atoms with Crippen LogP contribution in [0.2, 0.25) is 0 Å². The van der Waals surface area contributed by atoms with Gasteiger partial charge in [0.2, 0.25) is 11.8 Å². The van der Waals surface area contributed by atoms with Crippen LogP contribution in [0.3, 0.4) is 0 Å². The zero-order valence-corrected chi connectivity index (χ0v) is 19.6. The largest absolute Gasteiger partial charge is 0.496 e. The first kappa shape index (κ1) is 24.3. The number of carbonyl (C=O) groups is 3. The lowest BCUT2D eigenvalue weighted by atomic mass is 9.97. The number of rotatable bonds is 10. The summed E-state index contributed by atoms with van der Waals surface area (Å²) in [7, 11) is 3.21. The van der Waals surface area contributed by atoms with E-state index in [-0.39, 0.29) is 35.6 Å². The lowest BCUT2D eigenvalue weighted by Gasteiger charge is -2.23. The maximum absolute atomic E-state index is 13.1. The molecule has 1 aliphatic rings. The van der Waals surface area contributed by atoms with Gasteiger partial charge in [0, 0.05) is 36.6 Å². The molecule has 2 heterocycles. The van der Waals surface area contributed by atoms with Crippen LogP contribution in [-0.4, -0.2) is 61.7 Å². The van der Waals surface area contributed by atoms with Crippen LogP contribution in [-0.2, 0) is 9.59 Å². The minimum absolute atomic E-state index is 0.0000227. The van der Waals surface area contributed by atoms with E-state index in [9.17, 15) is 14.4 Å². The number of benzene rings is 1. The number of hydrogen-bond donors (Lipinski definition) is 4. The predicted octanol–water partition coefficient (Wildman–Crippen LogP) is 2.03. The summed E-state index contributed by atoms with van der Waals surface area (Å²) in [6.45, 7) is 4.64. The molecule has 0 bridgehead atoms. The van der Waals surface area contributed by atoms with E-state index >= 15 is 0 Å². The maximum atomic E-state index is 13.1. The van der Waals surface area contributed by atoms with E-state index in [2.05, 4.69) is 25.9 Å². The molecule has 3 atom stereocenters. The first-order valence-corrected chi connectivity index (χ1v) is 11.3. The minimum atomic E-state index is -0.726. The van der Waals surface area contributed by atoms with E-state index in [1.807, 2.05) is 32.0 Å². The molecule has 3 rings (SSSR count). The van der Waals surface area contributed by atoms with Gasteiger partial charge in [-0.05, 0) is 43.4 Å². The highest BCUT2D eigenvalue weighted by Gasteiger charge is 2.30. The average Bonchev–Trinajstić information content (AvgIpc) is 3.39. The van der Waals surface area contributed by atoms with Gasteiger partial charge in [-0.2, -0.15) is 0 Å². The van der Waals surface area contributed by atoms with E-state index in [4.69, 9.17) is 4.74 Å². The topological polar surface area (TPSA) is 125 Å². The summed E-state index contributed by atoms with van der Waals surface area (Å²) < 4.78 is 5.36. The number of methoxy groups -OCH3 is 1. The number of amides is 3. The molecule has 0 radical (unpaired) electrons. The molecule has 0 unspecified atom stereocenters. The van der Waals surface area contributed by atoms with Gasteiger partial charge in [-0.1, -0.05) is 19.9 Å². The molecule has 4 N–H and O–H groups in total. The van der Waals surface area contributed by atoms with Crippen LogP contribution in [0.1, 0.15) is 43.6 Å². The number of fused-ring (bicyclic) bond motifs is 1. The van der Waals surface area contributed by atoms with Gasteiger partial charge in [0.1, 0.15) is 17.5 Å². The van der Waals surface area contributed by atoms with Crippen LogP contribution >= 0.6 is 0 Å². The Hall–Kier alpha value is -3.36. The fourth-order valence-corrected chi connectivity index (χ4v) is 4.16. The van der Waals surface area contributed by atoms with E-state index in [0.717, 1.165) is 17.3 Å². The summed E-state index contributed by atoms with van der Waals surface area (Å²) in [6, 6.07) is 6.14. The van der Waals surface area contributed by atoms with Gasteiger partial charge in [-0.25, -0.2) is 0 Å². The molecule has 33 heavy (non-hydrogen) atoms. The summed E-state index contributed by atoms with van der Waals surface area (Å²) in [5.41, 5.74) is 1.13. The normalized spacial score (nSPS) is 17.8. The Morgan fingerprint density at radius 1 is 1.30 bits per heavy atom. The lowest BCUT2D eigenvalue weighted by molar-refractivity contribution is -0.125. The molecular weight excluding hydrogens is 422 g/mol. The van der Waals surface area contributed by atoms with Gasteiger partial charge in [-0.3, -0.25) is 19.4 Å². The molecule has 1 aromatic heterocycles. The van der Waals surface area contributed by atoms with Crippen molar-refractivity contribution in [1.29, 1.82) is 0 Å². The highest BCUT2D eigenvalue weighted by molar-refractivity contribution is 6.01. The monoisotopic (exact) mass is 455 g/mol. The van der Waals surface area contributed by atoms with Gasteiger partial charge in [-0.15, -0.1) is 0 Å². The fraction of sp³-hybridized carbons (Fsp3) is 0.500. The molecule has 1 aliphatic heterocycles. The number of nitrogens with zero attached hydrogens (tertiary/aromatic N) is 1. The Morgan fingerprint density at radius 3 is 2.73 bits per heavy atom. The van der Waals surface area contributed by atoms with Gasteiger partial charge in [0.25, 0.3) is 5.91 Å². The Kier molecular flexibility index (Phi) is 8.08. The van der Waals surface area contributed by atoms with Crippen molar-refractivity contribution in [2.45, 2.75) is 45.2 Å². The highest BCUT2D eigenvalue weighted by atomic mass is 16.5. The minimum Gasteiger partial charge on any atom is -0.496 e. The first-order chi connectivity index (χ1) is 15.8. The van der Waals surface area contributed by atoms with Crippen LogP contribution in [0, 0.1) is 11.8 Å². The summed E-state index contributed by atoms with van der Waals surface area (Å²) in [6.07, 6.45) is 3.32. The Labute approximate surface area is 193 Å². The van der Waals surface area contributed by atoms with Crippen molar-refractivity contribution >= 4 is 34.8 Å². The number of ether oxygens (including phenoxy) is 1. The Morgan fingerprint density at radius 2 is 2.09 bits per heavy atom. The summed E-state index contributed by atoms with van der Waals surface area (Å²) in [5, 5.41) is 9.44. The van der Waals surface area contributed by atoms with Crippen molar-refractivity contribution in [3.05, 3.63) is 30.0 Å². The quantitative estimate of drug-likeness (QED) is 0.409. The molecule has 9 heteroatoms. The second-order valence-corrected chi connectivity index (χ2v) is 8.79. The van der Waals surface area contributed by atoms with Crippen molar-refractivity contribution in [1.82, 2.24) is 20.9 Å². The SMILES string of the molecule is C/N=C/[C@H](C[C@@H]1CCNC1=O)NC(=O)[C@H](CC(C)C)NC(=O)c1cc2c(OC)cccc2[nH]1. The van der Waals surface area contributed by atoms with Crippen LogP contribution in [0.15, 0.2) is 29.3 Å². The summed E-state index contributed by atoms with van der Waals surface area (Å²) >= 11 is 0. The zero-order valence-electron chi connectivity index (χ0n) is 19.6. The second-order valence-electron chi connectivity index (χ2n) is 8.79. The number of hydrogen-bond acceptors (Lipinski definition) is 5. The fourth-order valence-electron chi connectivity index (χ4n) is 4.16. The van der Waals surface area contributed by atoms with Crippen LogP contribution in [0.25, 0.3) is 10.9 Å². The van der Waals surface area contributed by atoms with Crippen LogP contribution in [0.4, 0.5) is 0 Å². The number of aromatic nitrogens is 1. The number of aliphatic imine (C=N–C) groups is 1. The van der Waals surface area contributed by atoms with Crippen molar-refractivity contribution < 1.29 is 19.1 Å². The molecule has 2 aromatic rings. The molecule has 1 aromatic carbocycles. The molecule has 0 spiro atoms. The summed E-state index contributed by atoms with van der Waals surface area (Å²) in [4.78, 5) is 45.2. The van der Waals surface area contributed by atoms with Crippen LogP contribution < -0.4 is 20.7 Å². The van der Waals surface area contributed by atoms with E-state index in [1.54, 1.807) is 26.4 Å². The Balaban J connectivity index is 1.73. The molecule has 0 aliphatic carbocycles. The molecule has 178 valence electrons. The number of nitrogens with one attached hydrogen (secondary N) is 4. The predicted molar refractivity (Wildman–Crippen MR) is 128 cm³/mol. The zero-order chi connectivity index (χ0) is 24.0. The number of aromatic amines is 1. The third-order valence-electron chi connectivity index (χ3n) is 5.78. The van der Waals surface area contributed by atoms with Gasteiger partial charge < -0.3 is 25.7 Å². The molecule has 0 saturated carbocycles. The summed E-state index contributed by atoms with van der Waals surface area (Å²) in [5.74, 6) is 0.0199. The van der Waals surface area contributed by atoms with Crippen LogP contribution in [0.5, 0.6) is 5.75 Å². The number of H-pyrrole nitrogens is 1. The van der Waals surface area contributed by atoms with E-state index < -0.39 is 6.04 Å². The third kappa shape index (κ3) is 6.12. The van der Waals surface area contributed by atoms with Crippen molar-refractivity contribution in [2.75, 3.05) is 20.7 Å². The lowest BCUT2D eigenvalue weighted by Crippen LogP contribution is -2.51. The highest BCUT2D eigenvalue weighted by Crippen LogP contribution is 2.26. The first-order valence-electron chi connectivity index (χ1n) is 11.3. The number of carbonyl (C=O) groups excluding carboxylic acids is 3. The average molecular weight is 456 g/mol. The molecule has 1 saturated heterocycles. The molecule has 3 amide bonds. The Bertz CT molecular complexity index is 1030. The molecular formula is C24H33N5O4. The standard InChI is InChI=1S/C24H33N5O4/c1-14(2)10-19(23(31)27-16(13-25-3)11-15-8-9-26-22(15)30)29-24(32)20-12-17-18(28-20)6-5-7-21(17)33-4/h5-7,12-16,19,28H,8-11H2,1-4H3,(H,26,30)(H,27,31)(H,29,32)/b25-13+/t15-,16-,19-/m0/s1. The van der Waals surface area contributed by atoms with Crippen molar-refractivity contribution in [3.63, 3.8) is 0 Å². The van der Waals surface area contributed by atoms with Gasteiger partial charge in [0.15, 0.2) is 0 Å². The van der Waals surface area contributed by atoms with Gasteiger partial charge >= 0.3 is 0 Å². The van der Waals surface area contributed by atoms with Gasteiger partial charge in [0.05, 0.1) is 13.2 Å². The second kappa shape index (κ2) is 11.0. The van der Waals surface area contributed by atoms with E-state index in [0.29, 0.717) is 30.8 Å². The maximum Gasteiger partial charge on any atom is 0.268 e. The molecule has 1 fully saturated rings. The van der Waals surface area contributed by atoms with E-state index in [1.165, 1.54) is 0 Å². The smallest absolute Gasteiger partial charge is 0.268 e.